The Labute approximate surface area is 74.7 Å². The minimum Gasteiger partial charge on any atom is 0 e. The third-order valence-corrected chi connectivity index (χ3v) is 0. The molecule has 38 valence electrons. The van der Waals surface area contributed by atoms with E-state index in [4.69, 9.17) is 15.0 Å². The summed E-state index contributed by atoms with van der Waals surface area (Å²) in [6.45, 7) is 0. The van der Waals surface area contributed by atoms with Gasteiger partial charge in [0.2, 0.25) is 0 Å². The van der Waals surface area contributed by atoms with E-state index in [1.807, 2.05) is 0 Å². The van der Waals surface area contributed by atoms with Crippen LogP contribution >= 0.6 is 0 Å². The molecule has 0 aliphatic rings. The van der Waals surface area contributed by atoms with E-state index < -0.39 is 6.16 Å². The molecule has 0 amide bonds. The van der Waals surface area contributed by atoms with Crippen molar-refractivity contribution in [3.05, 3.63) is 0 Å². The molecule has 2 N–H and O–H groups in total. The van der Waals surface area contributed by atoms with Gasteiger partial charge in [0.05, 0.1) is 0 Å². The van der Waals surface area contributed by atoms with Crippen LogP contribution in [0.1, 0.15) is 0 Å². The van der Waals surface area contributed by atoms with Crippen molar-refractivity contribution < 1.29 is 31.5 Å². The fraction of sp³-hybridized carbons (Fsp3) is 0. The second-order valence-electron chi connectivity index (χ2n) is 0.283. The Bertz CT molecular complexity index is 33.8. The first kappa shape index (κ1) is 15.7. The van der Waals surface area contributed by atoms with Crippen LogP contribution in [0.15, 0.2) is 0 Å². The number of carbonyl (C=O) groups is 1. The summed E-state index contributed by atoms with van der Waals surface area (Å²) >= 11 is 0. The summed E-state index contributed by atoms with van der Waals surface area (Å²) in [5.41, 5.74) is 0. The predicted octanol–water partition coefficient (Wildman–Crippen LogP) is -0.696. The van der Waals surface area contributed by atoms with Gasteiger partial charge in [-0.2, -0.15) is 0 Å². The number of hydrogen-bond acceptors (Lipinski definition) is 1. The van der Waals surface area contributed by atoms with Crippen LogP contribution in [-0.4, -0.2) is 54.1 Å². The zero-order valence-electron chi connectivity index (χ0n) is 2.12. The Morgan fingerprint density at radius 3 is 1.33 bits per heavy atom. The van der Waals surface area contributed by atoms with Gasteiger partial charge in [-0.25, -0.2) is 4.79 Å². The molecule has 0 spiro atoms. The second kappa shape index (κ2) is 9.39. The van der Waals surface area contributed by atoms with Crippen LogP contribution in [0.5, 0.6) is 0 Å². The molecule has 0 saturated heterocycles. The van der Waals surface area contributed by atoms with Crippen molar-refractivity contribution in [3.8, 4) is 0 Å². The maximum Gasteiger partial charge on any atom is 0 e. The largest absolute Gasteiger partial charge is 0 e. The van der Waals surface area contributed by atoms with Crippen LogP contribution in [0.25, 0.3) is 0 Å². The van der Waals surface area contributed by atoms with Crippen molar-refractivity contribution in [2.75, 3.05) is 0 Å². The molecule has 0 fully saturated rings. The number of rotatable bonds is 0. The molecule has 0 bridgehead atoms. The smallest absolute Gasteiger partial charge is 0 e. The maximum absolute atomic E-state index is 8.56. The van der Waals surface area contributed by atoms with E-state index in [1.165, 1.54) is 0 Å². The first-order valence-corrected chi connectivity index (χ1v) is 0.651. The van der Waals surface area contributed by atoms with Crippen LogP contribution in [0.4, 0.5) is 4.79 Å². The molecule has 0 saturated carbocycles. The van der Waals surface area contributed by atoms with Gasteiger partial charge < -0.3 is 10.2 Å². The summed E-state index contributed by atoms with van der Waals surface area (Å²) in [6, 6.07) is 0. The van der Waals surface area contributed by atoms with Gasteiger partial charge in [-0.3, -0.25) is 0 Å². The van der Waals surface area contributed by atoms with E-state index in [2.05, 4.69) is 0 Å². The Balaban J connectivity index is -0.0000000450. The Morgan fingerprint density at radius 1 is 1.33 bits per heavy atom. The molecule has 6 heavy (non-hydrogen) atoms. The summed E-state index contributed by atoms with van der Waals surface area (Å²) in [6.07, 6.45) is -1.83. The molecule has 0 aliphatic carbocycles. The topological polar surface area (TPSA) is 57.5 Å². The third kappa shape index (κ3) is 77.7. The fourth-order valence-corrected chi connectivity index (χ4v) is 0. The van der Waals surface area contributed by atoms with Gasteiger partial charge in [-0.15, -0.1) is 0 Å². The summed E-state index contributed by atoms with van der Waals surface area (Å²) in [4.78, 5) is 8.56. The second-order valence-corrected chi connectivity index (χ2v) is 0.283. The summed E-state index contributed by atoms with van der Waals surface area (Å²) in [7, 11) is 0. The molecule has 0 atom stereocenters. The van der Waals surface area contributed by atoms with Gasteiger partial charge in [0, 0.05) is 16.5 Å². The van der Waals surface area contributed by atoms with Crippen molar-refractivity contribution in [2.24, 2.45) is 0 Å². The SMILES string of the molecule is O=C(O)O.[CaH2].[Ni]. The summed E-state index contributed by atoms with van der Waals surface area (Å²) < 4.78 is 0. The van der Waals surface area contributed by atoms with Gasteiger partial charge in [0.1, 0.15) is 0 Å². The zero-order chi connectivity index (χ0) is 3.58. The zero-order valence-corrected chi connectivity index (χ0v) is 3.11. The van der Waals surface area contributed by atoms with Crippen molar-refractivity contribution in [1.82, 2.24) is 0 Å². The van der Waals surface area contributed by atoms with E-state index in [9.17, 15) is 0 Å². The summed E-state index contributed by atoms with van der Waals surface area (Å²) in [5, 5.41) is 13.9. The van der Waals surface area contributed by atoms with Crippen molar-refractivity contribution in [1.29, 1.82) is 0 Å². The predicted molar refractivity (Wildman–Crippen MR) is 19.2 cm³/mol. The molecule has 0 aromatic carbocycles. The van der Waals surface area contributed by atoms with Crippen molar-refractivity contribution >= 4 is 43.9 Å². The normalized spacial score (nSPS) is 4.00. The van der Waals surface area contributed by atoms with Crippen molar-refractivity contribution in [2.45, 2.75) is 0 Å². The fourth-order valence-electron chi connectivity index (χ4n) is 0. The van der Waals surface area contributed by atoms with E-state index in [0.717, 1.165) is 0 Å². The Kier molecular flexibility index (Phi) is 24.6. The third-order valence-electron chi connectivity index (χ3n) is 0. The van der Waals surface area contributed by atoms with Crippen LogP contribution in [0.2, 0.25) is 0 Å². The standard InChI is InChI=1S/CH2O3.Ca.Ni.2H/c2-1(3)4;;;;/h(H2,2,3,4);;;;. The molecular weight excluding hydrogens is 159 g/mol. The van der Waals surface area contributed by atoms with Gasteiger partial charge >= 0.3 is 43.9 Å². The average molecular weight is 163 g/mol. The van der Waals surface area contributed by atoms with Gasteiger partial charge in [0.15, 0.2) is 0 Å². The van der Waals surface area contributed by atoms with Crippen LogP contribution in [0, 0.1) is 0 Å². The Hall–Kier alpha value is 1.02. The van der Waals surface area contributed by atoms with Gasteiger partial charge in [0.25, 0.3) is 0 Å². The van der Waals surface area contributed by atoms with Crippen molar-refractivity contribution in [3.63, 3.8) is 0 Å². The van der Waals surface area contributed by atoms with E-state index in [-0.39, 0.29) is 54.2 Å². The number of hydrogen-bond donors (Lipinski definition) is 2. The minimum absolute atomic E-state index is 0. The first-order chi connectivity index (χ1) is 1.73. The molecule has 0 radical (unpaired) electrons. The molecule has 0 aromatic heterocycles. The minimum atomic E-state index is -1.83. The molecule has 0 unspecified atom stereocenters. The maximum atomic E-state index is 8.56. The van der Waals surface area contributed by atoms with E-state index in [1.54, 1.807) is 0 Å². The molecule has 0 aliphatic heterocycles. The Morgan fingerprint density at radius 2 is 1.33 bits per heavy atom. The number of carboxylic acid groups (broad SMARTS) is 2. The van der Waals surface area contributed by atoms with E-state index in [0.29, 0.717) is 0 Å². The first-order valence-electron chi connectivity index (χ1n) is 0.651. The quantitative estimate of drug-likeness (QED) is 0.464. The van der Waals surface area contributed by atoms with Gasteiger partial charge in [-0.05, 0) is 0 Å². The molecule has 0 heterocycles. The molecule has 3 nitrogen and oxygen atoms in total. The molecule has 5 heteroatoms. The molecular formula is CH4CaNiO3. The van der Waals surface area contributed by atoms with Gasteiger partial charge in [-0.1, -0.05) is 0 Å². The summed E-state index contributed by atoms with van der Waals surface area (Å²) in [5.74, 6) is 0. The van der Waals surface area contributed by atoms with Crippen LogP contribution in [0.3, 0.4) is 0 Å². The average Bonchev–Trinajstić information content (AvgIpc) is 0.811. The molecule has 0 rings (SSSR count). The van der Waals surface area contributed by atoms with Crippen LogP contribution < -0.4 is 0 Å². The van der Waals surface area contributed by atoms with E-state index >= 15 is 0 Å². The molecule has 0 aromatic rings. The monoisotopic (exact) mass is 162 g/mol. The van der Waals surface area contributed by atoms with Crippen LogP contribution in [-0.2, 0) is 16.5 Å².